The zero-order valence-corrected chi connectivity index (χ0v) is 17.8. The van der Waals surface area contributed by atoms with Crippen LogP contribution in [0.3, 0.4) is 0 Å². The predicted molar refractivity (Wildman–Crippen MR) is 132 cm³/mol. The van der Waals surface area contributed by atoms with Gasteiger partial charge in [0, 0.05) is 25.5 Å². The molecule has 0 fully saturated rings. The van der Waals surface area contributed by atoms with Gasteiger partial charge in [0.25, 0.3) is 0 Å². The summed E-state index contributed by atoms with van der Waals surface area (Å²) in [7, 11) is -1.36. The van der Waals surface area contributed by atoms with Crippen LogP contribution in [-0.4, -0.2) is 28.6 Å². The van der Waals surface area contributed by atoms with E-state index in [2.05, 4.69) is 77.7 Å². The Balaban J connectivity index is 1.54. The van der Waals surface area contributed by atoms with Gasteiger partial charge >= 0.3 is 7.12 Å². The lowest BCUT2D eigenvalue weighted by Crippen LogP contribution is -2.28. The second kappa shape index (κ2) is 7.75. The quantitative estimate of drug-likeness (QED) is 0.444. The number of rotatable bonds is 3. The van der Waals surface area contributed by atoms with Crippen molar-refractivity contribution in [2.45, 2.75) is 18.9 Å². The molecule has 0 saturated carbocycles. The monoisotopic (exact) mass is 417 g/mol. The molecule has 32 heavy (non-hydrogen) atoms. The van der Waals surface area contributed by atoms with Crippen LogP contribution in [0.4, 0.5) is 0 Å². The molecule has 4 aromatic rings. The molecule has 6 rings (SSSR count). The van der Waals surface area contributed by atoms with Crippen molar-refractivity contribution in [2.75, 3.05) is 6.54 Å². The summed E-state index contributed by atoms with van der Waals surface area (Å²) in [6, 6.07) is 26.3. The lowest BCUT2D eigenvalue weighted by Gasteiger charge is -2.24. The van der Waals surface area contributed by atoms with E-state index >= 15 is 0 Å². The average molecular weight is 417 g/mol. The minimum absolute atomic E-state index is 0.328. The summed E-state index contributed by atoms with van der Waals surface area (Å²) in [6.07, 6.45) is 5.83. The highest BCUT2D eigenvalue weighted by Gasteiger charge is 2.29. The molecule has 4 aromatic carbocycles. The predicted octanol–water partition coefficient (Wildman–Crippen LogP) is 5.31. The Bertz CT molecular complexity index is 1320. The molecule has 0 bridgehead atoms. The first-order valence-electron chi connectivity index (χ1n) is 11.2. The Morgan fingerprint density at radius 2 is 1.31 bits per heavy atom. The molecule has 2 aliphatic rings. The van der Waals surface area contributed by atoms with Crippen LogP contribution in [0.2, 0.25) is 5.82 Å². The van der Waals surface area contributed by atoms with Crippen molar-refractivity contribution in [1.82, 2.24) is 4.90 Å². The fourth-order valence-electron chi connectivity index (χ4n) is 5.38. The maximum atomic E-state index is 9.80. The lowest BCUT2D eigenvalue weighted by molar-refractivity contribution is 0.279. The van der Waals surface area contributed by atoms with Gasteiger partial charge in [-0.2, -0.15) is 0 Å². The average Bonchev–Trinajstić information content (AvgIpc) is 3.20. The van der Waals surface area contributed by atoms with Gasteiger partial charge in [-0.05, 0) is 43.8 Å². The molecule has 2 N–H and O–H groups in total. The molecule has 1 aliphatic heterocycles. The van der Waals surface area contributed by atoms with Crippen molar-refractivity contribution in [3.05, 3.63) is 108 Å². The van der Waals surface area contributed by atoms with E-state index < -0.39 is 7.12 Å². The summed E-state index contributed by atoms with van der Waals surface area (Å²) in [5.74, 6) is -0.328. The van der Waals surface area contributed by atoms with Crippen molar-refractivity contribution >= 4 is 28.7 Å². The second-order valence-electron chi connectivity index (χ2n) is 8.85. The first-order valence-corrected chi connectivity index (χ1v) is 11.2. The third-order valence-electron chi connectivity index (χ3n) is 6.85. The third kappa shape index (κ3) is 3.20. The van der Waals surface area contributed by atoms with Gasteiger partial charge < -0.3 is 10.0 Å². The molecule has 156 valence electrons. The summed E-state index contributed by atoms with van der Waals surface area (Å²) in [5, 5.41) is 24.7. The van der Waals surface area contributed by atoms with Gasteiger partial charge in [0.15, 0.2) is 0 Å². The smallest absolute Gasteiger partial charge is 0.426 e. The molecule has 1 aliphatic carbocycles. The van der Waals surface area contributed by atoms with Crippen LogP contribution < -0.4 is 0 Å². The van der Waals surface area contributed by atoms with Gasteiger partial charge in [-0.25, -0.2) is 0 Å². The zero-order valence-electron chi connectivity index (χ0n) is 17.8. The van der Waals surface area contributed by atoms with E-state index in [4.69, 9.17) is 0 Å². The van der Waals surface area contributed by atoms with Crippen LogP contribution in [-0.2, 0) is 13.1 Å². The number of fused-ring (bicyclic) bond motifs is 7. The molecule has 4 heteroatoms. The molecule has 0 aromatic heterocycles. The van der Waals surface area contributed by atoms with Crippen LogP contribution in [0.1, 0.15) is 11.1 Å². The summed E-state index contributed by atoms with van der Waals surface area (Å²) in [6.45, 7) is 2.33. The summed E-state index contributed by atoms with van der Waals surface area (Å²) < 4.78 is 0. The summed E-state index contributed by atoms with van der Waals surface area (Å²) in [4.78, 5) is 2.42. The first-order chi connectivity index (χ1) is 15.7. The Labute approximate surface area is 188 Å². The molecule has 0 spiro atoms. The first kappa shape index (κ1) is 19.5. The van der Waals surface area contributed by atoms with Crippen LogP contribution in [0, 0.1) is 0 Å². The minimum atomic E-state index is -1.36. The number of hydrogen-bond acceptors (Lipinski definition) is 3. The Morgan fingerprint density at radius 1 is 0.750 bits per heavy atom. The van der Waals surface area contributed by atoms with Crippen LogP contribution in [0.25, 0.3) is 32.7 Å². The largest absolute Gasteiger partial charge is 0.463 e. The van der Waals surface area contributed by atoms with Crippen LogP contribution in [0.15, 0.2) is 96.6 Å². The molecule has 0 radical (unpaired) electrons. The molecule has 1 atom stereocenters. The molecule has 1 unspecified atom stereocenters. The Morgan fingerprint density at radius 3 is 1.88 bits per heavy atom. The maximum absolute atomic E-state index is 9.80. The Kier molecular flexibility index (Phi) is 4.72. The molecular formula is C28H24BNO2. The van der Waals surface area contributed by atoms with Crippen LogP contribution >= 0.6 is 0 Å². The number of nitrogens with zero attached hydrogens (tertiary/aromatic N) is 1. The fourth-order valence-corrected chi connectivity index (χ4v) is 5.38. The van der Waals surface area contributed by atoms with E-state index in [1.165, 1.54) is 43.8 Å². The number of allylic oxidation sites excluding steroid dienone is 3. The van der Waals surface area contributed by atoms with Gasteiger partial charge in [0.2, 0.25) is 0 Å². The lowest BCUT2D eigenvalue weighted by atomic mass is 9.70. The third-order valence-corrected chi connectivity index (χ3v) is 6.85. The van der Waals surface area contributed by atoms with Gasteiger partial charge in [-0.3, -0.25) is 4.90 Å². The van der Waals surface area contributed by atoms with E-state index in [1.54, 1.807) is 0 Å². The second-order valence-corrected chi connectivity index (χ2v) is 8.85. The highest BCUT2D eigenvalue weighted by Crippen LogP contribution is 2.42. The van der Waals surface area contributed by atoms with Crippen molar-refractivity contribution in [2.24, 2.45) is 0 Å². The van der Waals surface area contributed by atoms with E-state index in [0.29, 0.717) is 6.54 Å². The van der Waals surface area contributed by atoms with Gasteiger partial charge in [0.05, 0.1) is 0 Å². The van der Waals surface area contributed by atoms with Gasteiger partial charge in [0.1, 0.15) is 0 Å². The number of hydrogen-bond donors (Lipinski definition) is 2. The van der Waals surface area contributed by atoms with E-state index in [0.717, 1.165) is 18.7 Å². The van der Waals surface area contributed by atoms with Gasteiger partial charge in [-0.15, -0.1) is 0 Å². The van der Waals surface area contributed by atoms with E-state index in [-0.39, 0.29) is 5.82 Å². The fraction of sp³-hybridized carbons (Fsp3) is 0.143. The minimum Gasteiger partial charge on any atom is -0.426 e. The normalized spacial score (nSPS) is 17.8. The van der Waals surface area contributed by atoms with Crippen molar-refractivity contribution in [3.63, 3.8) is 0 Å². The zero-order chi connectivity index (χ0) is 21.7. The maximum Gasteiger partial charge on any atom is 0.463 e. The van der Waals surface area contributed by atoms with E-state index in [9.17, 15) is 10.0 Å². The van der Waals surface area contributed by atoms with Gasteiger partial charge in [-0.1, -0.05) is 96.6 Å². The molecule has 3 nitrogen and oxygen atoms in total. The highest BCUT2D eigenvalue weighted by atomic mass is 16.4. The standard InChI is InChI=1S/C28H24BNO2/c31-29(32)26-11-5-8-21(26)16-30-17-22-14-12-19-6-1-3-9-24(19)27(22)28-23(18-30)15-13-20-7-2-4-10-25(20)28/h1-15,26,31-32H,16-18H2. The van der Waals surface area contributed by atoms with E-state index in [1.807, 2.05) is 18.2 Å². The molecule has 1 heterocycles. The van der Waals surface area contributed by atoms with Crippen molar-refractivity contribution in [1.29, 1.82) is 0 Å². The van der Waals surface area contributed by atoms with Crippen molar-refractivity contribution in [3.8, 4) is 11.1 Å². The topological polar surface area (TPSA) is 43.7 Å². The van der Waals surface area contributed by atoms with Crippen LogP contribution in [0.5, 0.6) is 0 Å². The number of benzene rings is 4. The molecule has 0 saturated heterocycles. The Hall–Kier alpha value is -3.18. The SMILES string of the molecule is OB(O)C1C=CC=C1CN1Cc2ccc3ccccc3c2-c2c(ccc3ccccc23)C1. The molecular weight excluding hydrogens is 393 g/mol. The summed E-state index contributed by atoms with van der Waals surface area (Å²) in [5.41, 5.74) is 6.33. The summed E-state index contributed by atoms with van der Waals surface area (Å²) >= 11 is 0. The highest BCUT2D eigenvalue weighted by molar-refractivity contribution is 6.45. The van der Waals surface area contributed by atoms with Crippen molar-refractivity contribution < 1.29 is 10.0 Å². The molecule has 0 amide bonds.